The molecule has 158 valence electrons. The van der Waals surface area contributed by atoms with E-state index >= 15 is 0 Å². The van der Waals surface area contributed by atoms with Crippen molar-refractivity contribution in [1.29, 1.82) is 0 Å². The molecule has 0 atom stereocenters. The molecule has 4 heteroatoms. The standard InChI is InChI=1S/C26H31NO3/c1-16(2)25-21-14-18(13-17-5-9-20(28)10-6-17)7-11-22(21)27-26(25)19-8-12-23(29-3)24(15-19)30-4/h7-8,11-12,14-17,27H,5-6,9-10,13H2,1-4H3. The number of hydrogen-bond donors (Lipinski definition) is 1. The lowest BCUT2D eigenvalue weighted by Gasteiger charge is -2.21. The number of ether oxygens (including phenoxy) is 2. The Morgan fingerprint density at radius 1 is 1.00 bits per heavy atom. The topological polar surface area (TPSA) is 51.3 Å². The molecule has 2 aromatic carbocycles. The molecule has 0 spiro atoms. The second-order valence-corrected chi connectivity index (χ2v) is 8.70. The van der Waals surface area contributed by atoms with Crippen LogP contribution in [-0.2, 0) is 11.2 Å². The van der Waals surface area contributed by atoms with Crippen molar-refractivity contribution in [3.63, 3.8) is 0 Å². The third-order valence-electron chi connectivity index (χ3n) is 6.34. The van der Waals surface area contributed by atoms with E-state index in [1.165, 1.54) is 16.5 Å². The van der Waals surface area contributed by atoms with E-state index in [-0.39, 0.29) is 0 Å². The molecule has 0 amide bonds. The van der Waals surface area contributed by atoms with Crippen LogP contribution in [0.15, 0.2) is 36.4 Å². The second kappa shape index (κ2) is 8.55. The van der Waals surface area contributed by atoms with Crippen LogP contribution in [-0.4, -0.2) is 25.0 Å². The summed E-state index contributed by atoms with van der Waals surface area (Å²) in [5.41, 5.74) is 6.09. The summed E-state index contributed by atoms with van der Waals surface area (Å²) in [6, 6.07) is 12.9. The third kappa shape index (κ3) is 3.96. The van der Waals surface area contributed by atoms with Crippen molar-refractivity contribution in [1.82, 2.24) is 4.98 Å². The van der Waals surface area contributed by atoms with E-state index in [9.17, 15) is 4.79 Å². The van der Waals surface area contributed by atoms with Gasteiger partial charge in [-0.1, -0.05) is 19.9 Å². The molecule has 1 heterocycles. The predicted molar refractivity (Wildman–Crippen MR) is 122 cm³/mol. The van der Waals surface area contributed by atoms with E-state index in [1.807, 2.05) is 12.1 Å². The molecule has 0 radical (unpaired) electrons. The number of benzene rings is 2. The lowest BCUT2D eigenvalue weighted by atomic mass is 9.84. The lowest BCUT2D eigenvalue weighted by molar-refractivity contribution is -0.121. The fraction of sp³-hybridized carbons (Fsp3) is 0.423. The van der Waals surface area contributed by atoms with Gasteiger partial charge in [0.2, 0.25) is 0 Å². The van der Waals surface area contributed by atoms with Crippen LogP contribution in [0.4, 0.5) is 0 Å². The molecule has 4 rings (SSSR count). The van der Waals surface area contributed by atoms with Gasteiger partial charge in [-0.2, -0.15) is 0 Å². The van der Waals surface area contributed by atoms with Crippen molar-refractivity contribution >= 4 is 16.7 Å². The molecule has 3 aromatic rings. The second-order valence-electron chi connectivity index (χ2n) is 8.70. The van der Waals surface area contributed by atoms with Crippen molar-refractivity contribution in [2.45, 2.75) is 51.9 Å². The van der Waals surface area contributed by atoms with Crippen molar-refractivity contribution in [3.05, 3.63) is 47.5 Å². The molecule has 0 unspecified atom stereocenters. The summed E-state index contributed by atoms with van der Waals surface area (Å²) in [7, 11) is 3.32. The summed E-state index contributed by atoms with van der Waals surface area (Å²) in [6.45, 7) is 4.48. The number of rotatable bonds is 6. The molecule has 1 saturated carbocycles. The minimum Gasteiger partial charge on any atom is -0.493 e. The molecule has 1 aliphatic carbocycles. The van der Waals surface area contributed by atoms with Gasteiger partial charge in [0.25, 0.3) is 0 Å². The fourth-order valence-corrected chi connectivity index (χ4v) is 4.74. The minimum atomic E-state index is 0.379. The van der Waals surface area contributed by atoms with Gasteiger partial charge in [0.1, 0.15) is 5.78 Å². The molecule has 1 aromatic heterocycles. The predicted octanol–water partition coefficient (Wildman–Crippen LogP) is 6.28. The Morgan fingerprint density at radius 2 is 1.73 bits per heavy atom. The van der Waals surface area contributed by atoms with Crippen molar-refractivity contribution < 1.29 is 14.3 Å². The van der Waals surface area contributed by atoms with Crippen LogP contribution in [0.25, 0.3) is 22.2 Å². The Kier molecular flexibility index (Phi) is 5.85. The van der Waals surface area contributed by atoms with Crippen molar-refractivity contribution in [3.8, 4) is 22.8 Å². The van der Waals surface area contributed by atoms with Crippen LogP contribution in [0.5, 0.6) is 11.5 Å². The highest BCUT2D eigenvalue weighted by Gasteiger charge is 2.21. The van der Waals surface area contributed by atoms with Crippen molar-refractivity contribution in [2.24, 2.45) is 5.92 Å². The number of Topliss-reactive ketones (excluding diaryl/α,β-unsaturated/α-hetero) is 1. The zero-order valence-corrected chi connectivity index (χ0v) is 18.4. The zero-order valence-electron chi connectivity index (χ0n) is 18.4. The van der Waals surface area contributed by atoms with Gasteiger partial charge in [0.15, 0.2) is 11.5 Å². The number of H-pyrrole nitrogens is 1. The monoisotopic (exact) mass is 405 g/mol. The molecule has 1 N–H and O–H groups in total. The first-order valence-electron chi connectivity index (χ1n) is 10.9. The van der Waals surface area contributed by atoms with E-state index in [1.54, 1.807) is 14.2 Å². The summed E-state index contributed by atoms with van der Waals surface area (Å²) < 4.78 is 10.9. The number of nitrogens with one attached hydrogen (secondary N) is 1. The average Bonchev–Trinajstić information content (AvgIpc) is 3.14. The SMILES string of the molecule is COc1ccc(-c2[nH]c3ccc(CC4CCC(=O)CC4)cc3c2C(C)C)cc1OC. The molecule has 1 fully saturated rings. The highest BCUT2D eigenvalue weighted by molar-refractivity contribution is 5.92. The number of aromatic amines is 1. The maximum Gasteiger partial charge on any atom is 0.161 e. The largest absolute Gasteiger partial charge is 0.493 e. The highest BCUT2D eigenvalue weighted by Crippen LogP contribution is 2.39. The number of hydrogen-bond acceptors (Lipinski definition) is 3. The van der Waals surface area contributed by atoms with Gasteiger partial charge in [-0.25, -0.2) is 0 Å². The van der Waals surface area contributed by atoms with Crippen LogP contribution in [0.2, 0.25) is 0 Å². The molecule has 0 saturated heterocycles. The van der Waals surface area contributed by atoms with E-state index in [0.717, 1.165) is 60.4 Å². The van der Waals surface area contributed by atoms with Crippen LogP contribution in [0, 0.1) is 5.92 Å². The van der Waals surface area contributed by atoms with E-state index < -0.39 is 0 Å². The number of methoxy groups -OCH3 is 2. The van der Waals surface area contributed by atoms with E-state index in [4.69, 9.17) is 9.47 Å². The van der Waals surface area contributed by atoms with Crippen LogP contribution in [0.1, 0.15) is 56.6 Å². The normalized spacial score (nSPS) is 15.2. The Hall–Kier alpha value is -2.75. The zero-order chi connectivity index (χ0) is 21.3. The molecular formula is C26H31NO3. The number of aromatic nitrogens is 1. The number of carbonyl (C=O) groups excluding carboxylic acids is 1. The summed E-state index contributed by atoms with van der Waals surface area (Å²) in [5, 5.41) is 1.29. The first-order valence-corrected chi connectivity index (χ1v) is 10.9. The number of fused-ring (bicyclic) bond motifs is 1. The molecule has 1 aliphatic rings. The van der Waals surface area contributed by atoms with E-state index in [2.05, 4.69) is 43.1 Å². The van der Waals surface area contributed by atoms with Crippen LogP contribution < -0.4 is 9.47 Å². The van der Waals surface area contributed by atoms with Crippen LogP contribution in [0.3, 0.4) is 0 Å². The van der Waals surface area contributed by atoms with E-state index in [0.29, 0.717) is 17.6 Å². The Bertz CT molecular complexity index is 1050. The smallest absolute Gasteiger partial charge is 0.161 e. The van der Waals surface area contributed by atoms with Crippen molar-refractivity contribution in [2.75, 3.05) is 14.2 Å². The molecule has 30 heavy (non-hydrogen) atoms. The molecular weight excluding hydrogens is 374 g/mol. The minimum absolute atomic E-state index is 0.379. The average molecular weight is 406 g/mol. The molecule has 0 aliphatic heterocycles. The van der Waals surface area contributed by atoms with Crippen LogP contribution >= 0.6 is 0 Å². The van der Waals surface area contributed by atoms with Gasteiger partial charge >= 0.3 is 0 Å². The summed E-state index contributed by atoms with van der Waals surface area (Å²) in [5.74, 6) is 2.89. The summed E-state index contributed by atoms with van der Waals surface area (Å²) in [4.78, 5) is 15.2. The molecule has 0 bridgehead atoms. The maximum absolute atomic E-state index is 11.6. The Labute approximate surface area is 178 Å². The van der Waals surface area contributed by atoms with Gasteiger partial charge in [-0.15, -0.1) is 0 Å². The quantitative estimate of drug-likeness (QED) is 0.525. The number of ketones is 1. The van der Waals surface area contributed by atoms with Gasteiger partial charge in [-0.3, -0.25) is 4.79 Å². The first kappa shape index (κ1) is 20.5. The Morgan fingerprint density at radius 3 is 2.40 bits per heavy atom. The fourth-order valence-electron chi connectivity index (χ4n) is 4.74. The number of carbonyl (C=O) groups is 1. The summed E-state index contributed by atoms with van der Waals surface area (Å²) >= 11 is 0. The first-order chi connectivity index (χ1) is 14.5. The third-order valence-corrected chi connectivity index (χ3v) is 6.34. The maximum atomic E-state index is 11.6. The van der Waals surface area contributed by atoms with Gasteiger partial charge in [0, 0.05) is 29.3 Å². The van der Waals surface area contributed by atoms with Gasteiger partial charge in [0.05, 0.1) is 19.9 Å². The highest BCUT2D eigenvalue weighted by atomic mass is 16.5. The molecule has 4 nitrogen and oxygen atoms in total. The summed E-state index contributed by atoms with van der Waals surface area (Å²) in [6.07, 6.45) is 4.60. The Balaban J connectivity index is 1.73. The van der Waals surface area contributed by atoms with Gasteiger partial charge < -0.3 is 14.5 Å². The van der Waals surface area contributed by atoms with Gasteiger partial charge in [-0.05, 0) is 72.6 Å². The lowest BCUT2D eigenvalue weighted by Crippen LogP contribution is -2.15.